The fourth-order valence-electron chi connectivity index (χ4n) is 4.50. The van der Waals surface area contributed by atoms with Crippen molar-refractivity contribution in [1.82, 2.24) is 10.1 Å². The number of para-hydroxylation sites is 1. The fraction of sp³-hybridized carbons (Fsp3) is 0.640. The molecule has 3 fully saturated rings. The molecule has 1 N–H and O–H groups in total. The largest absolute Gasteiger partial charge is 0.486 e. The molecule has 2 aliphatic carbocycles. The van der Waals surface area contributed by atoms with Gasteiger partial charge in [-0.15, -0.1) is 0 Å². The molecule has 2 aromatic rings. The van der Waals surface area contributed by atoms with Gasteiger partial charge in [-0.1, -0.05) is 23.4 Å². The molecule has 0 bridgehead atoms. The van der Waals surface area contributed by atoms with E-state index in [2.05, 4.69) is 10.1 Å². The summed E-state index contributed by atoms with van der Waals surface area (Å²) in [6.45, 7) is 3.55. The third kappa shape index (κ3) is 6.31. The van der Waals surface area contributed by atoms with Crippen LogP contribution < -0.4 is 4.74 Å². The summed E-state index contributed by atoms with van der Waals surface area (Å²) in [5.74, 6) is 3.25. The number of aliphatic hydroxyl groups is 1. The van der Waals surface area contributed by atoms with Crippen LogP contribution in [0.2, 0.25) is 0 Å². The number of rotatable bonds is 11. The summed E-state index contributed by atoms with van der Waals surface area (Å²) in [6, 6.07) is 11.7. The Morgan fingerprint density at radius 3 is 2.42 bits per heavy atom. The zero-order valence-corrected chi connectivity index (χ0v) is 18.2. The second kappa shape index (κ2) is 9.72. The zero-order chi connectivity index (χ0) is 21.0. The minimum Gasteiger partial charge on any atom is -0.486 e. The lowest BCUT2D eigenvalue weighted by atomic mass is 9.97. The van der Waals surface area contributed by atoms with Crippen molar-refractivity contribution in [3.63, 3.8) is 0 Å². The van der Waals surface area contributed by atoms with Gasteiger partial charge in [0.1, 0.15) is 12.4 Å². The molecular formula is C25H34N2O4. The Hall–Kier alpha value is -1.89. The predicted octanol–water partition coefficient (Wildman–Crippen LogP) is 3.83. The highest BCUT2D eigenvalue weighted by Crippen LogP contribution is 2.34. The van der Waals surface area contributed by atoms with Crippen LogP contribution >= 0.6 is 0 Å². The van der Waals surface area contributed by atoms with Crippen molar-refractivity contribution in [2.75, 3.05) is 19.6 Å². The van der Waals surface area contributed by atoms with E-state index in [0.29, 0.717) is 18.8 Å². The topological polar surface area (TPSA) is 68.0 Å². The maximum Gasteiger partial charge on any atom is 0.174 e. The van der Waals surface area contributed by atoms with E-state index in [0.717, 1.165) is 42.7 Å². The highest BCUT2D eigenvalue weighted by Gasteiger charge is 2.35. The Morgan fingerprint density at radius 1 is 0.968 bits per heavy atom. The summed E-state index contributed by atoms with van der Waals surface area (Å²) in [4.78, 5) is 2.56. The van der Waals surface area contributed by atoms with Crippen molar-refractivity contribution in [2.24, 2.45) is 11.8 Å². The summed E-state index contributed by atoms with van der Waals surface area (Å²) in [7, 11) is 0. The second-order valence-electron chi connectivity index (χ2n) is 9.64. The van der Waals surface area contributed by atoms with E-state index < -0.39 is 0 Å². The average Bonchev–Trinajstić information content (AvgIpc) is 3.71. The van der Waals surface area contributed by atoms with Crippen LogP contribution in [0.3, 0.4) is 0 Å². The Balaban J connectivity index is 1.12. The molecule has 1 aliphatic heterocycles. The maximum absolute atomic E-state index is 10.6. The van der Waals surface area contributed by atoms with Gasteiger partial charge in [0, 0.05) is 32.1 Å². The van der Waals surface area contributed by atoms with Crippen LogP contribution in [0, 0.1) is 11.8 Å². The van der Waals surface area contributed by atoms with Gasteiger partial charge < -0.3 is 24.0 Å². The van der Waals surface area contributed by atoms with E-state index in [-0.39, 0.29) is 18.3 Å². The quantitative estimate of drug-likeness (QED) is 0.589. The smallest absolute Gasteiger partial charge is 0.174 e. The van der Waals surface area contributed by atoms with Crippen LogP contribution in [-0.4, -0.2) is 53.1 Å². The van der Waals surface area contributed by atoms with Gasteiger partial charge in [-0.3, -0.25) is 0 Å². The van der Waals surface area contributed by atoms with Crippen molar-refractivity contribution < 1.29 is 19.1 Å². The van der Waals surface area contributed by atoms with Gasteiger partial charge in [0.05, 0.1) is 24.0 Å². The Morgan fingerprint density at radius 2 is 1.71 bits per heavy atom. The molecule has 6 nitrogen and oxygen atoms in total. The molecular weight excluding hydrogens is 392 g/mol. The molecule has 0 spiro atoms. The molecule has 3 aliphatic rings. The third-order valence-electron chi connectivity index (χ3n) is 6.61. The minimum absolute atomic E-state index is 0.0742. The zero-order valence-electron chi connectivity index (χ0n) is 18.2. The molecule has 6 heteroatoms. The Bertz CT molecular complexity index is 804. The number of aromatic nitrogens is 1. The molecule has 0 radical (unpaired) electrons. The molecule has 2 saturated carbocycles. The standard InChI is InChI=1S/C25H34N2O4/c28-24-11-10-22(30-25(24)16-27(14-18-6-7-18)15-19-8-9-19)12-20-13-23(31-26-20)17-29-21-4-2-1-3-5-21/h1-5,13,18-19,22,24-25,28H,6-12,14-17H2. The van der Waals surface area contributed by atoms with E-state index in [1.165, 1.54) is 38.8 Å². The van der Waals surface area contributed by atoms with Gasteiger partial charge in [0.15, 0.2) is 5.76 Å². The van der Waals surface area contributed by atoms with Gasteiger partial charge in [-0.25, -0.2) is 0 Å². The van der Waals surface area contributed by atoms with Gasteiger partial charge >= 0.3 is 0 Å². The number of benzene rings is 1. The first kappa shape index (κ1) is 21.0. The van der Waals surface area contributed by atoms with E-state index in [4.69, 9.17) is 14.0 Å². The van der Waals surface area contributed by atoms with Crippen molar-refractivity contribution >= 4 is 0 Å². The molecule has 0 amide bonds. The highest BCUT2D eigenvalue weighted by molar-refractivity contribution is 5.21. The first-order valence-corrected chi connectivity index (χ1v) is 11.9. The number of nitrogens with zero attached hydrogens (tertiary/aromatic N) is 2. The predicted molar refractivity (Wildman–Crippen MR) is 117 cm³/mol. The van der Waals surface area contributed by atoms with Gasteiger partial charge in [0.25, 0.3) is 0 Å². The Labute approximate surface area is 184 Å². The van der Waals surface area contributed by atoms with E-state index in [1.807, 2.05) is 36.4 Å². The van der Waals surface area contributed by atoms with Crippen LogP contribution in [0.5, 0.6) is 5.75 Å². The molecule has 31 heavy (non-hydrogen) atoms. The lowest BCUT2D eigenvalue weighted by molar-refractivity contribution is -0.126. The lowest BCUT2D eigenvalue weighted by Gasteiger charge is -2.37. The van der Waals surface area contributed by atoms with Gasteiger partial charge in [0.2, 0.25) is 0 Å². The number of aliphatic hydroxyl groups excluding tert-OH is 1. The molecule has 168 valence electrons. The summed E-state index contributed by atoms with van der Waals surface area (Å²) < 4.78 is 17.6. The lowest BCUT2D eigenvalue weighted by Crippen LogP contribution is -2.47. The molecule has 1 aromatic carbocycles. The summed E-state index contributed by atoms with van der Waals surface area (Å²) in [6.07, 6.45) is 7.40. The SMILES string of the molecule is OC1CCC(Cc2cc(COc3ccccc3)on2)OC1CN(CC1CC1)CC1CC1. The second-order valence-corrected chi connectivity index (χ2v) is 9.64. The molecule has 3 unspecified atom stereocenters. The van der Waals surface area contributed by atoms with Crippen molar-refractivity contribution in [3.05, 3.63) is 47.9 Å². The van der Waals surface area contributed by atoms with Gasteiger partial charge in [-0.2, -0.15) is 0 Å². The summed E-state index contributed by atoms with van der Waals surface area (Å²) in [5, 5.41) is 14.8. The number of ether oxygens (including phenoxy) is 2. The van der Waals surface area contributed by atoms with Crippen LogP contribution in [0.4, 0.5) is 0 Å². The number of hydrogen-bond acceptors (Lipinski definition) is 6. The van der Waals surface area contributed by atoms with E-state index in [9.17, 15) is 5.11 Å². The average molecular weight is 427 g/mol. The summed E-state index contributed by atoms with van der Waals surface area (Å²) in [5.41, 5.74) is 0.889. The highest BCUT2D eigenvalue weighted by atomic mass is 16.5. The number of hydrogen-bond donors (Lipinski definition) is 1. The van der Waals surface area contributed by atoms with Crippen LogP contribution in [-0.2, 0) is 17.8 Å². The first-order chi connectivity index (χ1) is 15.2. The molecule has 1 aromatic heterocycles. The van der Waals surface area contributed by atoms with Crippen LogP contribution in [0.15, 0.2) is 40.9 Å². The van der Waals surface area contributed by atoms with Gasteiger partial charge in [-0.05, 0) is 62.5 Å². The Kier molecular flexibility index (Phi) is 6.58. The molecule has 1 saturated heterocycles. The van der Waals surface area contributed by atoms with E-state index >= 15 is 0 Å². The maximum atomic E-state index is 10.6. The normalized spacial score (nSPS) is 26.3. The minimum atomic E-state index is -0.371. The third-order valence-corrected chi connectivity index (χ3v) is 6.61. The van der Waals surface area contributed by atoms with Crippen LogP contribution in [0.25, 0.3) is 0 Å². The summed E-state index contributed by atoms with van der Waals surface area (Å²) >= 11 is 0. The fourth-order valence-corrected chi connectivity index (χ4v) is 4.50. The first-order valence-electron chi connectivity index (χ1n) is 11.9. The van der Waals surface area contributed by atoms with Crippen molar-refractivity contribution in [2.45, 2.75) is 69.9 Å². The molecule has 5 rings (SSSR count). The molecule has 2 heterocycles. The monoisotopic (exact) mass is 426 g/mol. The van der Waals surface area contributed by atoms with Crippen molar-refractivity contribution in [1.29, 1.82) is 0 Å². The van der Waals surface area contributed by atoms with Crippen LogP contribution in [0.1, 0.15) is 50.0 Å². The van der Waals surface area contributed by atoms with E-state index in [1.54, 1.807) is 0 Å². The van der Waals surface area contributed by atoms with Crippen molar-refractivity contribution in [3.8, 4) is 5.75 Å². The molecule has 3 atom stereocenters.